The van der Waals surface area contributed by atoms with Gasteiger partial charge in [0.1, 0.15) is 0 Å². The van der Waals surface area contributed by atoms with Gasteiger partial charge in [0.2, 0.25) is 0 Å². The van der Waals surface area contributed by atoms with Gasteiger partial charge in [0.15, 0.2) is 0 Å². The highest BCUT2D eigenvalue weighted by Gasteiger charge is 2.17. The summed E-state index contributed by atoms with van der Waals surface area (Å²) in [5, 5.41) is 8.27. The molecule has 4 heteroatoms. The van der Waals surface area contributed by atoms with Crippen LogP contribution in [0.1, 0.15) is 55.9 Å². The van der Waals surface area contributed by atoms with Crippen molar-refractivity contribution in [3.05, 3.63) is 52.3 Å². The zero-order chi connectivity index (χ0) is 14.7. The molecule has 0 radical (unpaired) electrons. The summed E-state index contributed by atoms with van der Waals surface area (Å²) in [5.41, 5.74) is 2.43. The molecule has 3 rings (SSSR count). The van der Waals surface area contributed by atoms with Crippen molar-refractivity contribution >= 4 is 15.9 Å². The Labute approximate surface area is 134 Å². The molecule has 1 unspecified atom stereocenters. The van der Waals surface area contributed by atoms with Gasteiger partial charge < -0.3 is 5.32 Å². The number of nitrogens with one attached hydrogen (secondary N) is 1. The van der Waals surface area contributed by atoms with E-state index in [1.54, 1.807) is 0 Å². The Morgan fingerprint density at radius 3 is 2.67 bits per heavy atom. The van der Waals surface area contributed by atoms with E-state index in [0.717, 1.165) is 16.7 Å². The van der Waals surface area contributed by atoms with Crippen LogP contribution < -0.4 is 5.32 Å². The Hall–Kier alpha value is -1.13. The minimum absolute atomic E-state index is 0.328. The number of benzene rings is 1. The van der Waals surface area contributed by atoms with E-state index in [2.05, 4.69) is 69.4 Å². The van der Waals surface area contributed by atoms with Gasteiger partial charge in [-0.25, -0.2) is 0 Å². The van der Waals surface area contributed by atoms with Gasteiger partial charge in [0.05, 0.1) is 11.7 Å². The van der Waals surface area contributed by atoms with Crippen LogP contribution >= 0.6 is 15.9 Å². The molecule has 1 atom stereocenters. The van der Waals surface area contributed by atoms with E-state index in [0.29, 0.717) is 12.1 Å². The highest BCUT2D eigenvalue weighted by atomic mass is 79.9. The zero-order valence-corrected chi connectivity index (χ0v) is 14.0. The summed E-state index contributed by atoms with van der Waals surface area (Å²) in [6.07, 6.45) is 7.39. The van der Waals surface area contributed by atoms with Gasteiger partial charge in [0, 0.05) is 23.3 Å². The Balaban J connectivity index is 1.56. The highest BCUT2D eigenvalue weighted by Crippen LogP contribution is 2.28. The van der Waals surface area contributed by atoms with E-state index in [1.807, 2.05) is 0 Å². The van der Waals surface area contributed by atoms with Crippen molar-refractivity contribution in [1.82, 2.24) is 15.1 Å². The average molecular weight is 348 g/mol. The molecule has 1 aromatic heterocycles. The average Bonchev–Trinajstić information content (AvgIpc) is 3.16. The molecule has 2 aromatic rings. The lowest BCUT2D eigenvalue weighted by Crippen LogP contribution is -2.18. The Morgan fingerprint density at radius 1 is 1.24 bits per heavy atom. The largest absolute Gasteiger partial charge is 0.304 e. The van der Waals surface area contributed by atoms with Crippen LogP contribution in [0.2, 0.25) is 0 Å². The molecule has 0 bridgehead atoms. The number of halogens is 1. The summed E-state index contributed by atoms with van der Waals surface area (Å²) in [6.45, 7) is 3.01. The van der Waals surface area contributed by atoms with Crippen LogP contribution in [-0.4, -0.2) is 9.78 Å². The van der Waals surface area contributed by atoms with Gasteiger partial charge >= 0.3 is 0 Å². The molecule has 1 aliphatic rings. The second-order valence-electron chi connectivity index (χ2n) is 5.88. The summed E-state index contributed by atoms with van der Waals surface area (Å²) in [7, 11) is 0. The number of hydrogen-bond donors (Lipinski definition) is 1. The molecule has 112 valence electrons. The highest BCUT2D eigenvalue weighted by molar-refractivity contribution is 9.10. The normalized spacial score (nSPS) is 17.2. The third-order valence-corrected chi connectivity index (χ3v) is 4.85. The van der Waals surface area contributed by atoms with E-state index in [4.69, 9.17) is 5.10 Å². The molecule has 3 nitrogen and oxygen atoms in total. The molecule has 1 aromatic carbocycles. The molecular formula is C17H22BrN3. The first-order valence-corrected chi connectivity index (χ1v) is 8.54. The van der Waals surface area contributed by atoms with Crippen molar-refractivity contribution in [3.63, 3.8) is 0 Å². The third-order valence-electron chi connectivity index (χ3n) is 4.32. The lowest BCUT2D eigenvalue weighted by molar-refractivity contribution is 0.458. The van der Waals surface area contributed by atoms with Crippen molar-refractivity contribution in [2.24, 2.45) is 0 Å². The summed E-state index contributed by atoms with van der Waals surface area (Å²) in [4.78, 5) is 0. The van der Waals surface area contributed by atoms with Crippen LogP contribution in [0.15, 0.2) is 41.0 Å². The van der Waals surface area contributed by atoms with Crippen molar-refractivity contribution < 1.29 is 0 Å². The first-order chi connectivity index (χ1) is 10.2. The van der Waals surface area contributed by atoms with Gasteiger partial charge in [-0.15, -0.1) is 0 Å². The predicted octanol–water partition coefficient (Wildman–Crippen LogP) is 4.61. The second-order valence-corrected chi connectivity index (χ2v) is 6.80. The van der Waals surface area contributed by atoms with E-state index >= 15 is 0 Å². The van der Waals surface area contributed by atoms with Gasteiger partial charge in [-0.2, -0.15) is 5.10 Å². The third kappa shape index (κ3) is 3.74. The molecule has 1 aliphatic carbocycles. The molecule has 1 N–H and O–H groups in total. The molecule has 0 saturated heterocycles. The molecule has 0 aliphatic heterocycles. The fourth-order valence-electron chi connectivity index (χ4n) is 2.97. The Bertz CT molecular complexity index is 570. The summed E-state index contributed by atoms with van der Waals surface area (Å²) in [6, 6.07) is 11.6. The molecule has 0 amide bonds. The lowest BCUT2D eigenvalue weighted by atomic mass is 10.1. The van der Waals surface area contributed by atoms with E-state index in [9.17, 15) is 0 Å². The smallest absolute Gasteiger partial charge is 0.0762 e. The van der Waals surface area contributed by atoms with Crippen molar-refractivity contribution in [3.8, 4) is 0 Å². The molecule has 1 saturated carbocycles. The Kier molecular flexibility index (Phi) is 4.76. The van der Waals surface area contributed by atoms with Crippen molar-refractivity contribution in [2.75, 3.05) is 0 Å². The Morgan fingerprint density at radius 2 is 1.95 bits per heavy atom. The second kappa shape index (κ2) is 6.75. The maximum Gasteiger partial charge on any atom is 0.0762 e. The molecule has 1 fully saturated rings. The first-order valence-electron chi connectivity index (χ1n) is 7.75. The fraction of sp³-hybridized carbons (Fsp3) is 0.471. The van der Waals surface area contributed by atoms with E-state index < -0.39 is 0 Å². The van der Waals surface area contributed by atoms with Crippen LogP contribution in [0.25, 0.3) is 0 Å². The predicted molar refractivity (Wildman–Crippen MR) is 89.1 cm³/mol. The van der Waals surface area contributed by atoms with Crippen LogP contribution in [0.4, 0.5) is 0 Å². The monoisotopic (exact) mass is 347 g/mol. The first kappa shape index (κ1) is 14.8. The van der Waals surface area contributed by atoms with Crippen LogP contribution in [0, 0.1) is 0 Å². The number of aromatic nitrogens is 2. The molecule has 1 heterocycles. The van der Waals surface area contributed by atoms with Crippen molar-refractivity contribution in [1.29, 1.82) is 0 Å². The van der Waals surface area contributed by atoms with Crippen LogP contribution in [0.3, 0.4) is 0 Å². The SMILES string of the molecule is CC(NCc1ccn(C2CCCC2)n1)c1ccc(Br)cc1. The van der Waals surface area contributed by atoms with Gasteiger partial charge in [0.25, 0.3) is 0 Å². The zero-order valence-electron chi connectivity index (χ0n) is 12.4. The molecular weight excluding hydrogens is 326 g/mol. The number of rotatable bonds is 5. The maximum atomic E-state index is 4.72. The van der Waals surface area contributed by atoms with Crippen LogP contribution in [-0.2, 0) is 6.54 Å². The topological polar surface area (TPSA) is 29.9 Å². The lowest BCUT2D eigenvalue weighted by Gasteiger charge is -2.13. The van der Waals surface area contributed by atoms with Crippen molar-refractivity contribution in [2.45, 2.75) is 51.2 Å². The minimum Gasteiger partial charge on any atom is -0.304 e. The number of hydrogen-bond acceptors (Lipinski definition) is 2. The maximum absolute atomic E-state index is 4.72. The molecule has 21 heavy (non-hydrogen) atoms. The quantitative estimate of drug-likeness (QED) is 0.855. The van der Waals surface area contributed by atoms with Crippen LogP contribution in [0.5, 0.6) is 0 Å². The minimum atomic E-state index is 0.328. The van der Waals surface area contributed by atoms with Gasteiger partial charge in [-0.1, -0.05) is 40.9 Å². The summed E-state index contributed by atoms with van der Waals surface area (Å²) < 4.78 is 3.28. The summed E-state index contributed by atoms with van der Waals surface area (Å²) in [5.74, 6) is 0. The van der Waals surface area contributed by atoms with Gasteiger partial charge in [-0.05, 0) is 43.5 Å². The van der Waals surface area contributed by atoms with E-state index in [-0.39, 0.29) is 0 Å². The standard InChI is InChI=1S/C17H22BrN3/c1-13(14-6-8-15(18)9-7-14)19-12-16-10-11-21(20-16)17-4-2-3-5-17/h6-11,13,17,19H,2-5,12H2,1H3. The summed E-state index contributed by atoms with van der Waals surface area (Å²) >= 11 is 3.47. The van der Waals surface area contributed by atoms with E-state index in [1.165, 1.54) is 31.2 Å². The number of nitrogens with zero attached hydrogens (tertiary/aromatic N) is 2. The fourth-order valence-corrected chi connectivity index (χ4v) is 3.24. The van der Waals surface area contributed by atoms with Gasteiger partial charge in [-0.3, -0.25) is 4.68 Å². The molecule has 0 spiro atoms.